The number of nitrogens with zero attached hydrogens (tertiary/aromatic N) is 2. The first-order chi connectivity index (χ1) is 9.11. The van der Waals surface area contributed by atoms with Crippen molar-refractivity contribution in [1.29, 1.82) is 5.26 Å². The van der Waals surface area contributed by atoms with Crippen molar-refractivity contribution < 1.29 is 14.6 Å². The lowest BCUT2D eigenvalue weighted by Gasteiger charge is -2.06. The number of aromatic carboxylic acids is 1. The van der Waals surface area contributed by atoms with Crippen LogP contribution in [0.2, 0.25) is 5.02 Å². The molecule has 2 rings (SSSR count). The van der Waals surface area contributed by atoms with Gasteiger partial charge >= 0.3 is 5.97 Å². The number of ether oxygens (including phenoxy) is 1. The minimum absolute atomic E-state index is 0.00482. The second-order valence-corrected chi connectivity index (χ2v) is 4.73. The van der Waals surface area contributed by atoms with Crippen LogP contribution in [-0.2, 0) is 6.61 Å². The normalized spacial score (nSPS) is 9.89. The van der Waals surface area contributed by atoms with E-state index in [1.165, 1.54) is 0 Å². The number of carbonyl (C=O) groups is 1. The molecular formula is C12H7ClN2O3S. The van der Waals surface area contributed by atoms with Gasteiger partial charge in [0.2, 0.25) is 5.01 Å². The lowest BCUT2D eigenvalue weighted by Crippen LogP contribution is -2.00. The van der Waals surface area contributed by atoms with Gasteiger partial charge in [0, 0.05) is 5.38 Å². The molecule has 0 fully saturated rings. The standard InChI is InChI=1S/C12H7ClN2O3S/c13-9-2-1-3-10(8(9)4-14)18-5-7-6-19-11(15-7)12(16)17/h1-3,6H,5H2,(H,16,17). The molecule has 1 aromatic heterocycles. The quantitative estimate of drug-likeness (QED) is 0.937. The minimum Gasteiger partial charge on any atom is -0.486 e. The summed E-state index contributed by atoms with van der Waals surface area (Å²) in [5.41, 5.74) is 0.740. The summed E-state index contributed by atoms with van der Waals surface area (Å²) >= 11 is 6.89. The molecule has 0 radical (unpaired) electrons. The van der Waals surface area contributed by atoms with Crippen LogP contribution >= 0.6 is 22.9 Å². The Morgan fingerprint density at radius 3 is 3.00 bits per heavy atom. The summed E-state index contributed by atoms with van der Waals surface area (Å²) in [4.78, 5) is 14.6. The average Bonchev–Trinajstić information content (AvgIpc) is 2.85. The number of rotatable bonds is 4. The van der Waals surface area contributed by atoms with Crippen molar-refractivity contribution in [2.24, 2.45) is 0 Å². The summed E-state index contributed by atoms with van der Waals surface area (Å²) in [5.74, 6) is -0.725. The number of carboxylic acids is 1. The highest BCUT2D eigenvalue weighted by molar-refractivity contribution is 7.11. The van der Waals surface area contributed by atoms with Crippen LogP contribution in [-0.4, -0.2) is 16.1 Å². The number of thiazole rings is 1. The lowest BCUT2D eigenvalue weighted by molar-refractivity contribution is 0.0696. The fourth-order valence-corrected chi connectivity index (χ4v) is 2.20. The largest absolute Gasteiger partial charge is 0.486 e. The molecule has 5 nitrogen and oxygen atoms in total. The van der Waals surface area contributed by atoms with E-state index in [0.29, 0.717) is 16.5 Å². The van der Waals surface area contributed by atoms with E-state index in [1.54, 1.807) is 23.6 Å². The molecule has 1 aromatic carbocycles. The van der Waals surface area contributed by atoms with Gasteiger partial charge in [-0.2, -0.15) is 5.26 Å². The van der Waals surface area contributed by atoms with Crippen molar-refractivity contribution in [3.63, 3.8) is 0 Å². The number of aromatic nitrogens is 1. The zero-order chi connectivity index (χ0) is 13.8. The molecule has 1 N–H and O–H groups in total. The lowest BCUT2D eigenvalue weighted by atomic mass is 10.2. The van der Waals surface area contributed by atoms with Crippen molar-refractivity contribution in [3.05, 3.63) is 44.9 Å². The fraction of sp³-hybridized carbons (Fsp3) is 0.0833. The third kappa shape index (κ3) is 3.02. The summed E-state index contributed by atoms with van der Waals surface area (Å²) in [6.07, 6.45) is 0. The van der Waals surface area contributed by atoms with Crippen LogP contribution in [0, 0.1) is 11.3 Å². The second-order valence-electron chi connectivity index (χ2n) is 3.46. The van der Waals surface area contributed by atoms with Crippen LogP contribution in [0.25, 0.3) is 0 Å². The predicted molar refractivity (Wildman–Crippen MR) is 69.6 cm³/mol. The predicted octanol–water partition coefficient (Wildman–Crippen LogP) is 2.95. The molecular weight excluding hydrogens is 288 g/mol. The van der Waals surface area contributed by atoms with Crippen molar-refractivity contribution in [2.45, 2.75) is 6.61 Å². The Labute approximate surface area is 117 Å². The van der Waals surface area contributed by atoms with Gasteiger partial charge in [-0.3, -0.25) is 0 Å². The number of hydrogen-bond donors (Lipinski definition) is 1. The molecule has 0 atom stereocenters. The van der Waals surface area contributed by atoms with E-state index < -0.39 is 5.97 Å². The Kier molecular flexibility index (Phi) is 4.00. The third-order valence-electron chi connectivity index (χ3n) is 2.20. The first kappa shape index (κ1) is 13.3. The maximum Gasteiger partial charge on any atom is 0.365 e. The Bertz CT molecular complexity index is 663. The average molecular weight is 295 g/mol. The van der Waals surface area contributed by atoms with Crippen LogP contribution in [0.4, 0.5) is 0 Å². The van der Waals surface area contributed by atoms with Gasteiger partial charge < -0.3 is 9.84 Å². The third-order valence-corrected chi connectivity index (χ3v) is 3.39. The summed E-state index contributed by atoms with van der Waals surface area (Å²) < 4.78 is 5.43. The van der Waals surface area contributed by atoms with Gasteiger partial charge in [0.05, 0.1) is 10.7 Å². The van der Waals surface area contributed by atoms with Gasteiger partial charge in [-0.1, -0.05) is 17.7 Å². The Hall–Kier alpha value is -2.10. The monoisotopic (exact) mass is 294 g/mol. The van der Waals surface area contributed by atoms with Crippen LogP contribution in [0.5, 0.6) is 5.75 Å². The van der Waals surface area contributed by atoms with Gasteiger partial charge in [-0.25, -0.2) is 9.78 Å². The van der Waals surface area contributed by atoms with E-state index in [0.717, 1.165) is 11.3 Å². The summed E-state index contributed by atoms with van der Waals surface area (Å²) in [7, 11) is 0. The number of carboxylic acid groups (broad SMARTS) is 1. The van der Waals surface area contributed by atoms with Crippen LogP contribution < -0.4 is 4.74 Å². The molecule has 0 aliphatic heterocycles. The molecule has 1 heterocycles. The molecule has 19 heavy (non-hydrogen) atoms. The van der Waals surface area contributed by atoms with Crippen molar-refractivity contribution in [3.8, 4) is 11.8 Å². The molecule has 0 unspecified atom stereocenters. The highest BCUT2D eigenvalue weighted by Gasteiger charge is 2.11. The highest BCUT2D eigenvalue weighted by Crippen LogP contribution is 2.26. The van der Waals surface area contributed by atoms with Crippen molar-refractivity contribution in [1.82, 2.24) is 4.98 Å². The van der Waals surface area contributed by atoms with Gasteiger partial charge in [-0.15, -0.1) is 11.3 Å². The van der Waals surface area contributed by atoms with Crippen LogP contribution in [0.1, 0.15) is 21.1 Å². The molecule has 0 saturated heterocycles. The Morgan fingerprint density at radius 1 is 1.58 bits per heavy atom. The van der Waals surface area contributed by atoms with Gasteiger partial charge in [0.1, 0.15) is 24.0 Å². The smallest absolute Gasteiger partial charge is 0.365 e. The van der Waals surface area contributed by atoms with Gasteiger partial charge in [-0.05, 0) is 12.1 Å². The SMILES string of the molecule is N#Cc1c(Cl)cccc1OCc1csc(C(=O)O)n1. The molecule has 0 saturated carbocycles. The van der Waals surface area contributed by atoms with Crippen LogP contribution in [0.3, 0.4) is 0 Å². The number of nitriles is 1. The van der Waals surface area contributed by atoms with Crippen molar-refractivity contribution in [2.75, 3.05) is 0 Å². The second kappa shape index (κ2) is 5.69. The summed E-state index contributed by atoms with van der Waals surface area (Å²) in [6, 6.07) is 6.84. The molecule has 2 aromatic rings. The molecule has 0 bridgehead atoms. The Morgan fingerprint density at radius 2 is 2.37 bits per heavy atom. The molecule has 0 spiro atoms. The van der Waals surface area contributed by atoms with E-state index in [4.69, 9.17) is 26.7 Å². The van der Waals surface area contributed by atoms with Gasteiger partial charge in [0.15, 0.2) is 0 Å². The molecule has 7 heteroatoms. The van der Waals surface area contributed by atoms with Crippen molar-refractivity contribution >= 4 is 28.9 Å². The molecule has 96 valence electrons. The first-order valence-corrected chi connectivity index (χ1v) is 6.36. The number of halogens is 1. The zero-order valence-corrected chi connectivity index (χ0v) is 11.0. The molecule has 0 amide bonds. The van der Waals surface area contributed by atoms with E-state index in [-0.39, 0.29) is 17.2 Å². The van der Waals surface area contributed by atoms with Crippen LogP contribution in [0.15, 0.2) is 23.6 Å². The maximum absolute atomic E-state index is 10.7. The highest BCUT2D eigenvalue weighted by atomic mass is 35.5. The van der Waals surface area contributed by atoms with E-state index >= 15 is 0 Å². The van der Waals surface area contributed by atoms with Gasteiger partial charge in [0.25, 0.3) is 0 Å². The zero-order valence-electron chi connectivity index (χ0n) is 9.46. The molecule has 0 aliphatic rings. The van der Waals surface area contributed by atoms with E-state index in [1.807, 2.05) is 6.07 Å². The van der Waals surface area contributed by atoms with E-state index in [9.17, 15) is 4.79 Å². The maximum atomic E-state index is 10.7. The topological polar surface area (TPSA) is 83.2 Å². The molecule has 0 aliphatic carbocycles. The summed E-state index contributed by atoms with van der Waals surface area (Å²) in [5, 5.41) is 19.6. The minimum atomic E-state index is -1.07. The number of benzene rings is 1. The summed E-state index contributed by atoms with van der Waals surface area (Å²) in [6.45, 7) is 0.0821. The Balaban J connectivity index is 2.12. The number of hydrogen-bond acceptors (Lipinski definition) is 5. The first-order valence-electron chi connectivity index (χ1n) is 5.11. The fourth-order valence-electron chi connectivity index (χ4n) is 1.36. The van der Waals surface area contributed by atoms with E-state index in [2.05, 4.69) is 4.98 Å².